The molecule has 8 heteroatoms. The average molecular weight is 413 g/mol. The number of aromatic nitrogens is 1. The molecule has 1 atom stereocenters. The maximum absolute atomic E-state index is 12.9. The number of benzene rings is 1. The average Bonchev–Trinajstić information content (AvgIpc) is 3.32. The summed E-state index contributed by atoms with van der Waals surface area (Å²) in [5.41, 5.74) is 1.70. The second-order valence-electron chi connectivity index (χ2n) is 7.43. The molecular formula is C21H23N3O4S. The number of hydrogen-bond acceptors (Lipinski definition) is 5. The summed E-state index contributed by atoms with van der Waals surface area (Å²) in [5, 5.41) is 9.97. The Morgan fingerprint density at radius 1 is 1.45 bits per heavy atom. The molecule has 2 aromatic rings. The Balaban J connectivity index is 1.87. The van der Waals surface area contributed by atoms with Crippen LogP contribution in [0.2, 0.25) is 0 Å². The summed E-state index contributed by atoms with van der Waals surface area (Å²) in [6, 6.07) is 4.51. The molecule has 0 radical (unpaired) electrons. The first-order valence-electron chi connectivity index (χ1n) is 9.47. The van der Waals surface area contributed by atoms with Gasteiger partial charge >= 0.3 is 5.97 Å². The van der Waals surface area contributed by atoms with Gasteiger partial charge in [-0.2, -0.15) is 0 Å². The number of thiazole rings is 1. The molecule has 3 rings (SSSR count). The van der Waals surface area contributed by atoms with Gasteiger partial charge in [0.1, 0.15) is 21.7 Å². The topological polar surface area (TPSA) is 84.1 Å². The molecule has 152 valence electrons. The standard InChI is InChI=1S/C21H23N3O4S/c1-12(2)11-28-17-8-7-14(10-15(17)22-4)19-23-13(3)18(29-19)20(25)24-9-5-6-16(24)21(26)27/h7-8,10,12,16H,5-6,9,11H2,1-3H3,(H,26,27)/t16-/m0/s1. The summed E-state index contributed by atoms with van der Waals surface area (Å²) in [6.45, 7) is 14.2. The summed E-state index contributed by atoms with van der Waals surface area (Å²) >= 11 is 1.23. The van der Waals surface area contributed by atoms with Crippen molar-refractivity contribution in [3.05, 3.63) is 40.2 Å². The van der Waals surface area contributed by atoms with E-state index in [1.54, 1.807) is 19.1 Å². The van der Waals surface area contributed by atoms with Crippen molar-refractivity contribution in [2.24, 2.45) is 5.92 Å². The fraction of sp³-hybridized carbons (Fsp3) is 0.429. The molecule has 0 bridgehead atoms. The minimum absolute atomic E-state index is 0.293. The van der Waals surface area contributed by atoms with Gasteiger partial charge in [0.2, 0.25) is 5.69 Å². The summed E-state index contributed by atoms with van der Waals surface area (Å²) in [5.74, 6) is -0.387. The number of hydrogen-bond donors (Lipinski definition) is 1. The predicted octanol–water partition coefficient (Wildman–Crippen LogP) is 4.39. The normalized spacial score (nSPS) is 16.1. The minimum Gasteiger partial charge on any atom is -0.504 e. The zero-order chi connectivity index (χ0) is 21.1. The third-order valence-corrected chi connectivity index (χ3v) is 5.88. The number of carbonyl (C=O) groups is 2. The number of aliphatic carboxylic acids is 1. The van der Waals surface area contributed by atoms with Gasteiger partial charge < -0.3 is 14.7 Å². The van der Waals surface area contributed by atoms with E-state index in [4.69, 9.17) is 11.3 Å². The molecule has 29 heavy (non-hydrogen) atoms. The maximum Gasteiger partial charge on any atom is 0.326 e. The van der Waals surface area contributed by atoms with E-state index in [2.05, 4.69) is 9.83 Å². The molecule has 0 aliphatic carbocycles. The molecule has 1 aliphatic heterocycles. The molecular weight excluding hydrogens is 390 g/mol. The van der Waals surface area contributed by atoms with Crippen LogP contribution in [0.5, 0.6) is 5.75 Å². The highest BCUT2D eigenvalue weighted by Crippen LogP contribution is 2.36. The van der Waals surface area contributed by atoms with Crippen LogP contribution in [-0.4, -0.2) is 46.1 Å². The van der Waals surface area contributed by atoms with Gasteiger partial charge in [0.25, 0.3) is 5.91 Å². The van der Waals surface area contributed by atoms with Crippen LogP contribution in [-0.2, 0) is 4.79 Å². The van der Waals surface area contributed by atoms with Crippen molar-refractivity contribution in [3.8, 4) is 16.3 Å². The highest BCUT2D eigenvalue weighted by atomic mass is 32.1. The molecule has 2 heterocycles. The van der Waals surface area contributed by atoms with Gasteiger partial charge in [0.15, 0.2) is 0 Å². The van der Waals surface area contributed by atoms with Crippen LogP contribution in [0.15, 0.2) is 18.2 Å². The number of likely N-dealkylation sites (tertiary alicyclic amines) is 1. The lowest BCUT2D eigenvalue weighted by Crippen LogP contribution is -2.40. The number of carboxylic acids is 1. The van der Waals surface area contributed by atoms with Crippen LogP contribution in [0.3, 0.4) is 0 Å². The van der Waals surface area contributed by atoms with Crippen molar-refractivity contribution in [3.63, 3.8) is 0 Å². The Morgan fingerprint density at radius 3 is 2.86 bits per heavy atom. The van der Waals surface area contributed by atoms with Crippen molar-refractivity contribution in [1.29, 1.82) is 0 Å². The SMILES string of the molecule is [C-]#[N+]c1cc(-c2nc(C)c(C(=O)N3CCC[C@H]3C(=O)O)s2)ccc1OCC(C)C. The van der Waals surface area contributed by atoms with Crippen LogP contribution < -0.4 is 4.74 Å². The molecule has 1 amide bonds. The van der Waals surface area contributed by atoms with Gasteiger partial charge in [-0.25, -0.2) is 14.6 Å². The maximum atomic E-state index is 12.9. The molecule has 0 saturated carbocycles. The van der Waals surface area contributed by atoms with Crippen molar-refractivity contribution < 1.29 is 19.4 Å². The number of carboxylic acid groups (broad SMARTS) is 1. The second kappa shape index (κ2) is 8.62. The largest absolute Gasteiger partial charge is 0.504 e. The lowest BCUT2D eigenvalue weighted by atomic mass is 10.2. The van der Waals surface area contributed by atoms with Gasteiger partial charge in [0, 0.05) is 12.1 Å². The van der Waals surface area contributed by atoms with Crippen molar-refractivity contribution in [2.45, 2.75) is 39.7 Å². The predicted molar refractivity (Wildman–Crippen MR) is 111 cm³/mol. The molecule has 1 aliphatic rings. The Kier molecular flexibility index (Phi) is 6.18. The Morgan fingerprint density at radius 2 is 2.21 bits per heavy atom. The van der Waals surface area contributed by atoms with Crippen molar-refractivity contribution in [1.82, 2.24) is 9.88 Å². The second-order valence-corrected chi connectivity index (χ2v) is 8.43. The van der Waals surface area contributed by atoms with Gasteiger partial charge in [-0.05, 0) is 37.8 Å². The summed E-state index contributed by atoms with van der Waals surface area (Å²) in [4.78, 5) is 34.2. The number of carbonyl (C=O) groups excluding carboxylic acids is 1. The molecule has 1 aromatic heterocycles. The van der Waals surface area contributed by atoms with E-state index in [0.717, 1.165) is 5.56 Å². The first kappa shape index (κ1) is 20.8. The highest BCUT2D eigenvalue weighted by molar-refractivity contribution is 7.17. The van der Waals surface area contributed by atoms with E-state index in [9.17, 15) is 14.7 Å². The minimum atomic E-state index is -0.975. The Hall–Kier alpha value is -2.92. The number of rotatable bonds is 6. The van der Waals surface area contributed by atoms with Crippen LogP contribution in [0, 0.1) is 19.4 Å². The van der Waals surface area contributed by atoms with E-state index >= 15 is 0 Å². The number of nitrogens with zero attached hydrogens (tertiary/aromatic N) is 3. The van der Waals surface area contributed by atoms with Gasteiger partial charge in [-0.1, -0.05) is 19.9 Å². The number of amides is 1. The van der Waals surface area contributed by atoms with E-state index in [-0.39, 0.29) is 5.91 Å². The Bertz CT molecular complexity index is 977. The first-order valence-corrected chi connectivity index (χ1v) is 10.3. The fourth-order valence-corrected chi connectivity index (χ4v) is 4.25. The Labute approximate surface area is 173 Å². The van der Waals surface area contributed by atoms with E-state index in [1.165, 1.54) is 16.2 Å². The van der Waals surface area contributed by atoms with E-state index in [1.807, 2.05) is 19.9 Å². The van der Waals surface area contributed by atoms with Crippen molar-refractivity contribution in [2.75, 3.05) is 13.2 Å². The third kappa shape index (κ3) is 4.40. The lowest BCUT2D eigenvalue weighted by Gasteiger charge is -2.20. The smallest absolute Gasteiger partial charge is 0.326 e. The monoisotopic (exact) mass is 413 g/mol. The summed E-state index contributed by atoms with van der Waals surface area (Å²) in [6.07, 6.45) is 1.15. The van der Waals surface area contributed by atoms with Crippen LogP contribution in [0.4, 0.5) is 5.69 Å². The van der Waals surface area contributed by atoms with Gasteiger partial charge in [-0.3, -0.25) is 4.79 Å². The number of aryl methyl sites for hydroxylation is 1. The molecule has 0 spiro atoms. The molecule has 1 fully saturated rings. The van der Waals surface area contributed by atoms with Gasteiger partial charge in [0.05, 0.1) is 18.9 Å². The van der Waals surface area contributed by atoms with Crippen LogP contribution in [0.25, 0.3) is 15.4 Å². The molecule has 1 N–H and O–H groups in total. The van der Waals surface area contributed by atoms with E-state index in [0.29, 0.717) is 58.9 Å². The third-order valence-electron chi connectivity index (χ3n) is 4.69. The molecule has 1 aromatic carbocycles. The first-order chi connectivity index (χ1) is 13.8. The fourth-order valence-electron chi connectivity index (χ4n) is 3.23. The summed E-state index contributed by atoms with van der Waals surface area (Å²) < 4.78 is 5.70. The molecule has 0 unspecified atom stereocenters. The highest BCUT2D eigenvalue weighted by Gasteiger charge is 2.36. The molecule has 7 nitrogen and oxygen atoms in total. The number of ether oxygens (including phenoxy) is 1. The van der Waals surface area contributed by atoms with E-state index < -0.39 is 12.0 Å². The van der Waals surface area contributed by atoms with Crippen LogP contribution in [0.1, 0.15) is 42.1 Å². The van der Waals surface area contributed by atoms with Crippen LogP contribution >= 0.6 is 11.3 Å². The quantitative estimate of drug-likeness (QED) is 0.710. The zero-order valence-electron chi connectivity index (χ0n) is 16.6. The molecule has 1 saturated heterocycles. The zero-order valence-corrected chi connectivity index (χ0v) is 17.5. The summed E-state index contributed by atoms with van der Waals surface area (Å²) in [7, 11) is 0. The lowest BCUT2D eigenvalue weighted by molar-refractivity contribution is -0.141. The van der Waals surface area contributed by atoms with Crippen molar-refractivity contribution >= 4 is 28.9 Å². The van der Waals surface area contributed by atoms with Gasteiger partial charge in [-0.15, -0.1) is 11.3 Å².